The van der Waals surface area contributed by atoms with Crippen molar-refractivity contribution in [1.29, 1.82) is 0 Å². The highest BCUT2D eigenvalue weighted by Crippen LogP contribution is 2.29. The molecule has 0 spiro atoms. The predicted molar refractivity (Wildman–Crippen MR) is 108 cm³/mol. The van der Waals surface area contributed by atoms with Gasteiger partial charge in [-0.05, 0) is 19.4 Å². The van der Waals surface area contributed by atoms with Crippen LogP contribution in [0.15, 0.2) is 9.59 Å². The van der Waals surface area contributed by atoms with E-state index in [1.807, 2.05) is 0 Å². The minimum Gasteiger partial charge on any atom is -0.351 e. The molecule has 0 unspecified atom stereocenters. The number of thiophene rings is 1. The van der Waals surface area contributed by atoms with Crippen molar-refractivity contribution in [2.24, 2.45) is 0 Å². The van der Waals surface area contributed by atoms with Gasteiger partial charge in [0.15, 0.2) is 0 Å². The number of nitrogens with one attached hydrogen (secondary N) is 1. The second kappa shape index (κ2) is 9.78. The molecular formula is C18H21ClF3N3O4S. The van der Waals surface area contributed by atoms with Crippen LogP contribution in [0.2, 0.25) is 0 Å². The Balaban J connectivity index is 2.39. The molecule has 0 radical (unpaired) electrons. The first kappa shape index (κ1) is 24.1. The molecule has 0 aliphatic rings. The molecule has 0 fully saturated rings. The lowest BCUT2D eigenvalue weighted by molar-refractivity contribution is -0.136. The van der Waals surface area contributed by atoms with E-state index in [2.05, 4.69) is 5.32 Å². The van der Waals surface area contributed by atoms with Crippen LogP contribution < -0.4 is 16.6 Å². The molecule has 0 atom stereocenters. The third-order valence-corrected chi connectivity index (χ3v) is 6.17. The second-order valence-electron chi connectivity index (χ2n) is 6.63. The van der Waals surface area contributed by atoms with Gasteiger partial charge in [-0.3, -0.25) is 23.5 Å². The summed E-state index contributed by atoms with van der Waals surface area (Å²) in [4.78, 5) is 49.1. The van der Waals surface area contributed by atoms with E-state index < -0.39 is 36.3 Å². The van der Waals surface area contributed by atoms with E-state index in [1.165, 1.54) is 0 Å². The zero-order chi connectivity index (χ0) is 22.6. The summed E-state index contributed by atoms with van der Waals surface area (Å²) in [7, 11) is 0. The average Bonchev–Trinajstić information content (AvgIpc) is 3.00. The minimum atomic E-state index is -4.46. The Kier molecular flexibility index (Phi) is 7.87. The van der Waals surface area contributed by atoms with Crippen molar-refractivity contribution in [3.05, 3.63) is 31.3 Å². The number of rotatable bonds is 9. The highest BCUT2D eigenvalue weighted by atomic mass is 35.5. The van der Waals surface area contributed by atoms with Crippen LogP contribution in [-0.2, 0) is 29.2 Å². The molecule has 2 heterocycles. The SMILES string of the molecule is CCn1c(=O)c2c(C)c(CNC(=O)CCC(=O)CCl)sc2n(CCC(F)(F)F)c1=O. The molecule has 30 heavy (non-hydrogen) atoms. The van der Waals surface area contributed by atoms with Crippen LogP contribution in [0.3, 0.4) is 0 Å². The van der Waals surface area contributed by atoms with Gasteiger partial charge in [-0.1, -0.05) is 0 Å². The molecule has 2 rings (SSSR count). The van der Waals surface area contributed by atoms with Crippen molar-refractivity contribution in [3.8, 4) is 0 Å². The highest BCUT2D eigenvalue weighted by molar-refractivity contribution is 7.18. The molecule has 2 aromatic heterocycles. The number of Topliss-reactive ketones (excluding diaryl/α,β-unsaturated/α-hetero) is 1. The molecule has 2 aromatic rings. The zero-order valence-corrected chi connectivity index (χ0v) is 18.0. The number of ketones is 1. The number of amides is 1. The Labute approximate surface area is 178 Å². The van der Waals surface area contributed by atoms with Crippen LogP contribution >= 0.6 is 22.9 Å². The Morgan fingerprint density at radius 3 is 2.40 bits per heavy atom. The van der Waals surface area contributed by atoms with E-state index in [0.717, 1.165) is 20.5 Å². The number of aromatic nitrogens is 2. The Hall–Kier alpha value is -2.14. The molecule has 1 N–H and O–H groups in total. The first-order valence-electron chi connectivity index (χ1n) is 9.16. The summed E-state index contributed by atoms with van der Waals surface area (Å²) in [6, 6.07) is 0. The summed E-state index contributed by atoms with van der Waals surface area (Å²) < 4.78 is 40.0. The fourth-order valence-electron chi connectivity index (χ4n) is 2.91. The van der Waals surface area contributed by atoms with Gasteiger partial charge in [0.1, 0.15) is 10.6 Å². The van der Waals surface area contributed by atoms with Gasteiger partial charge >= 0.3 is 11.9 Å². The quantitative estimate of drug-likeness (QED) is 0.574. The number of halogens is 4. The number of hydrogen-bond donors (Lipinski definition) is 1. The Morgan fingerprint density at radius 2 is 1.83 bits per heavy atom. The lowest BCUT2D eigenvalue weighted by Crippen LogP contribution is -2.39. The van der Waals surface area contributed by atoms with Gasteiger partial charge in [0.05, 0.1) is 24.2 Å². The zero-order valence-electron chi connectivity index (χ0n) is 16.4. The van der Waals surface area contributed by atoms with E-state index in [9.17, 15) is 32.3 Å². The van der Waals surface area contributed by atoms with Crippen molar-refractivity contribution in [2.75, 3.05) is 5.88 Å². The number of hydrogen-bond acceptors (Lipinski definition) is 5. The largest absolute Gasteiger partial charge is 0.390 e. The lowest BCUT2D eigenvalue weighted by atomic mass is 10.2. The van der Waals surface area contributed by atoms with E-state index in [0.29, 0.717) is 10.4 Å². The predicted octanol–water partition coefficient (Wildman–Crippen LogP) is 2.71. The minimum absolute atomic E-state index is 0.00107. The van der Waals surface area contributed by atoms with Gasteiger partial charge in [-0.15, -0.1) is 22.9 Å². The standard InChI is InChI=1S/C18H21ClF3N3O4S/c1-3-24-15(28)14-10(2)12(9-23-13(27)5-4-11(26)8-19)30-16(14)25(17(24)29)7-6-18(20,21)22/h3-9H2,1-2H3,(H,23,27). The van der Waals surface area contributed by atoms with Gasteiger partial charge in [-0.25, -0.2) is 4.79 Å². The number of aryl methyl sites for hydroxylation is 2. The second-order valence-corrected chi connectivity index (χ2v) is 7.98. The molecule has 1 amide bonds. The number of alkyl halides is 4. The summed E-state index contributed by atoms with van der Waals surface area (Å²) in [5.41, 5.74) is -0.865. The van der Waals surface area contributed by atoms with E-state index in [4.69, 9.17) is 11.6 Å². The smallest absolute Gasteiger partial charge is 0.351 e. The molecule has 166 valence electrons. The summed E-state index contributed by atoms with van der Waals surface area (Å²) in [5, 5.41) is 2.79. The third kappa shape index (κ3) is 5.51. The molecule has 0 aliphatic carbocycles. The molecule has 0 aromatic carbocycles. The molecule has 0 bridgehead atoms. The Morgan fingerprint density at radius 1 is 1.17 bits per heavy atom. The maximum atomic E-state index is 12.7. The fraction of sp³-hybridized carbons (Fsp3) is 0.556. The monoisotopic (exact) mass is 467 g/mol. The van der Waals surface area contributed by atoms with Crippen molar-refractivity contribution in [3.63, 3.8) is 0 Å². The fourth-order valence-corrected chi connectivity index (χ4v) is 4.30. The van der Waals surface area contributed by atoms with Crippen LogP contribution in [0.4, 0.5) is 13.2 Å². The number of nitrogens with zero attached hydrogens (tertiary/aromatic N) is 2. The normalized spacial score (nSPS) is 11.8. The summed E-state index contributed by atoms with van der Waals surface area (Å²) >= 11 is 6.38. The lowest BCUT2D eigenvalue weighted by Gasteiger charge is -2.12. The molecule has 0 saturated carbocycles. The molecule has 12 heteroatoms. The highest BCUT2D eigenvalue weighted by Gasteiger charge is 2.28. The first-order chi connectivity index (χ1) is 14.0. The van der Waals surface area contributed by atoms with Crippen LogP contribution in [0, 0.1) is 6.92 Å². The molecule has 0 saturated heterocycles. The molecular weight excluding hydrogens is 447 g/mol. The topological polar surface area (TPSA) is 90.2 Å². The van der Waals surface area contributed by atoms with Gasteiger partial charge in [0.25, 0.3) is 5.56 Å². The van der Waals surface area contributed by atoms with Crippen LogP contribution in [-0.4, -0.2) is 32.9 Å². The molecule has 0 aliphatic heterocycles. The third-order valence-electron chi connectivity index (χ3n) is 4.55. The van der Waals surface area contributed by atoms with Crippen LogP contribution in [0.25, 0.3) is 10.2 Å². The van der Waals surface area contributed by atoms with Gasteiger partial charge < -0.3 is 5.32 Å². The van der Waals surface area contributed by atoms with Crippen molar-refractivity contribution < 1.29 is 22.8 Å². The van der Waals surface area contributed by atoms with Crippen LogP contribution in [0.1, 0.15) is 36.6 Å². The summed E-state index contributed by atoms with van der Waals surface area (Å²) in [6.45, 7) is 2.63. The summed E-state index contributed by atoms with van der Waals surface area (Å²) in [6.07, 6.45) is -5.71. The summed E-state index contributed by atoms with van der Waals surface area (Å²) in [5.74, 6) is -0.841. The van der Waals surface area contributed by atoms with E-state index in [-0.39, 0.29) is 47.8 Å². The van der Waals surface area contributed by atoms with E-state index in [1.54, 1.807) is 13.8 Å². The van der Waals surface area contributed by atoms with Gasteiger partial charge in [-0.2, -0.15) is 13.2 Å². The van der Waals surface area contributed by atoms with E-state index >= 15 is 0 Å². The van der Waals surface area contributed by atoms with Crippen molar-refractivity contribution >= 4 is 44.8 Å². The van der Waals surface area contributed by atoms with Crippen LogP contribution in [0.5, 0.6) is 0 Å². The first-order valence-corrected chi connectivity index (χ1v) is 10.5. The molecule has 7 nitrogen and oxygen atoms in total. The maximum Gasteiger partial charge on any atom is 0.390 e. The van der Waals surface area contributed by atoms with Gasteiger partial charge in [0, 0.05) is 30.8 Å². The Bertz CT molecular complexity index is 1070. The number of carbonyl (C=O) groups is 2. The van der Waals surface area contributed by atoms with Crippen molar-refractivity contribution in [1.82, 2.24) is 14.5 Å². The average molecular weight is 468 g/mol. The van der Waals surface area contributed by atoms with Crippen molar-refractivity contribution in [2.45, 2.75) is 58.9 Å². The maximum absolute atomic E-state index is 12.7. The number of carbonyl (C=O) groups excluding carboxylic acids is 2. The number of fused-ring (bicyclic) bond motifs is 1. The van der Waals surface area contributed by atoms with Gasteiger partial charge in [0.2, 0.25) is 5.91 Å².